The number of aryl methyl sites for hydroxylation is 2. The molecule has 12 heteroatoms. The lowest BCUT2D eigenvalue weighted by atomic mass is 10.3. The first-order chi connectivity index (χ1) is 14.1. The van der Waals surface area contributed by atoms with Gasteiger partial charge in [0.2, 0.25) is 0 Å². The standard InChI is InChI=1S/C18H16F3N5O3S/c1-4-25-13-12(16(27)26(5-2)17(25)28)24(3)14(23-13)15-22-10-7-6-9(8-11(10)30-15)29-18(19,20)21/h6-8H,4-5H2,1-3H3. The van der Waals surface area contributed by atoms with Gasteiger partial charge >= 0.3 is 12.1 Å². The van der Waals surface area contributed by atoms with E-state index in [-0.39, 0.29) is 23.5 Å². The monoisotopic (exact) mass is 439 g/mol. The minimum absolute atomic E-state index is 0.219. The van der Waals surface area contributed by atoms with Crippen LogP contribution in [0.4, 0.5) is 13.2 Å². The summed E-state index contributed by atoms with van der Waals surface area (Å²) in [5.41, 5.74) is 0.0740. The zero-order chi connectivity index (χ0) is 21.8. The average molecular weight is 439 g/mol. The van der Waals surface area contributed by atoms with E-state index in [1.54, 1.807) is 25.5 Å². The van der Waals surface area contributed by atoms with Gasteiger partial charge in [-0.3, -0.25) is 13.9 Å². The fraction of sp³-hybridized carbons (Fsp3) is 0.333. The number of nitrogens with zero attached hydrogens (tertiary/aromatic N) is 5. The molecule has 8 nitrogen and oxygen atoms in total. The summed E-state index contributed by atoms with van der Waals surface area (Å²) >= 11 is 1.12. The summed E-state index contributed by atoms with van der Waals surface area (Å²) < 4.78 is 46.0. The molecule has 3 heterocycles. The average Bonchev–Trinajstić information content (AvgIpc) is 3.22. The first-order valence-corrected chi connectivity index (χ1v) is 9.83. The Labute approximate surface area is 170 Å². The van der Waals surface area contributed by atoms with Crippen LogP contribution in [0.2, 0.25) is 0 Å². The Morgan fingerprint density at radius 2 is 1.80 bits per heavy atom. The van der Waals surface area contributed by atoms with E-state index in [0.29, 0.717) is 27.6 Å². The van der Waals surface area contributed by atoms with E-state index in [2.05, 4.69) is 14.7 Å². The number of ether oxygens (including phenoxy) is 1. The van der Waals surface area contributed by atoms with Crippen LogP contribution in [-0.4, -0.2) is 30.0 Å². The van der Waals surface area contributed by atoms with Gasteiger partial charge in [-0.05, 0) is 32.0 Å². The Morgan fingerprint density at radius 3 is 2.43 bits per heavy atom. The van der Waals surface area contributed by atoms with Gasteiger partial charge in [-0.2, -0.15) is 0 Å². The van der Waals surface area contributed by atoms with Gasteiger partial charge in [0.25, 0.3) is 5.56 Å². The van der Waals surface area contributed by atoms with E-state index in [0.717, 1.165) is 15.9 Å². The number of alkyl halides is 3. The van der Waals surface area contributed by atoms with E-state index >= 15 is 0 Å². The van der Waals surface area contributed by atoms with Crippen molar-refractivity contribution in [3.8, 4) is 16.6 Å². The predicted octanol–water partition coefficient (Wildman–Crippen LogP) is 3.11. The van der Waals surface area contributed by atoms with Crippen LogP contribution in [0.5, 0.6) is 5.75 Å². The molecular weight excluding hydrogens is 423 g/mol. The lowest BCUT2D eigenvalue weighted by Crippen LogP contribution is -2.39. The van der Waals surface area contributed by atoms with Gasteiger partial charge < -0.3 is 9.30 Å². The smallest absolute Gasteiger partial charge is 0.406 e. The minimum Gasteiger partial charge on any atom is -0.406 e. The van der Waals surface area contributed by atoms with Crippen molar-refractivity contribution < 1.29 is 17.9 Å². The number of imidazole rings is 1. The van der Waals surface area contributed by atoms with Gasteiger partial charge in [0.05, 0.1) is 10.2 Å². The molecule has 0 saturated carbocycles. The summed E-state index contributed by atoms with van der Waals surface area (Å²) in [5.74, 6) is -0.00195. The van der Waals surface area contributed by atoms with Gasteiger partial charge in [0, 0.05) is 20.1 Å². The van der Waals surface area contributed by atoms with Crippen molar-refractivity contribution in [2.24, 2.45) is 7.05 Å². The number of fused-ring (bicyclic) bond motifs is 2. The quantitative estimate of drug-likeness (QED) is 0.488. The number of halogens is 3. The van der Waals surface area contributed by atoms with Crippen LogP contribution >= 0.6 is 11.3 Å². The van der Waals surface area contributed by atoms with Crippen molar-refractivity contribution in [3.05, 3.63) is 39.0 Å². The van der Waals surface area contributed by atoms with Crippen LogP contribution in [0.15, 0.2) is 27.8 Å². The predicted molar refractivity (Wildman–Crippen MR) is 106 cm³/mol. The van der Waals surface area contributed by atoms with E-state index in [1.165, 1.54) is 22.8 Å². The second-order valence-corrected chi connectivity index (χ2v) is 7.47. The van der Waals surface area contributed by atoms with Crippen LogP contribution in [0.1, 0.15) is 13.8 Å². The zero-order valence-corrected chi connectivity index (χ0v) is 17.0. The van der Waals surface area contributed by atoms with E-state index in [9.17, 15) is 22.8 Å². The second kappa shape index (κ2) is 6.97. The Bertz CT molecular complexity index is 1400. The van der Waals surface area contributed by atoms with E-state index in [1.807, 2.05) is 0 Å². The highest BCUT2D eigenvalue weighted by Gasteiger charge is 2.31. The minimum atomic E-state index is -4.79. The van der Waals surface area contributed by atoms with Crippen LogP contribution in [0.25, 0.3) is 32.2 Å². The van der Waals surface area contributed by atoms with Gasteiger partial charge in [0.15, 0.2) is 22.0 Å². The number of rotatable bonds is 4. The maximum absolute atomic E-state index is 12.8. The number of thiazole rings is 1. The molecule has 158 valence electrons. The Balaban J connectivity index is 1.92. The molecule has 0 N–H and O–H groups in total. The van der Waals surface area contributed by atoms with Crippen molar-refractivity contribution >= 4 is 32.7 Å². The van der Waals surface area contributed by atoms with Crippen molar-refractivity contribution in [1.82, 2.24) is 23.7 Å². The number of hydrogen-bond donors (Lipinski definition) is 0. The molecule has 0 atom stereocenters. The molecule has 0 saturated heterocycles. The third-order valence-electron chi connectivity index (χ3n) is 4.66. The molecular formula is C18H16F3N5O3S. The fourth-order valence-electron chi connectivity index (χ4n) is 3.32. The molecule has 30 heavy (non-hydrogen) atoms. The first kappa shape index (κ1) is 20.1. The Kier molecular flexibility index (Phi) is 4.68. The normalized spacial score (nSPS) is 12.2. The number of hydrogen-bond acceptors (Lipinski definition) is 6. The van der Waals surface area contributed by atoms with Crippen LogP contribution in [0.3, 0.4) is 0 Å². The lowest BCUT2D eigenvalue weighted by molar-refractivity contribution is -0.274. The summed E-state index contributed by atoms with van der Waals surface area (Å²) in [4.78, 5) is 34.3. The molecule has 4 aromatic rings. The molecule has 1 aromatic carbocycles. The highest BCUT2D eigenvalue weighted by Crippen LogP contribution is 2.34. The van der Waals surface area contributed by atoms with Gasteiger partial charge in [0.1, 0.15) is 5.75 Å². The van der Waals surface area contributed by atoms with Crippen molar-refractivity contribution in [2.75, 3.05) is 0 Å². The molecule has 0 aliphatic heterocycles. The van der Waals surface area contributed by atoms with E-state index in [4.69, 9.17) is 0 Å². The van der Waals surface area contributed by atoms with Gasteiger partial charge in [-0.25, -0.2) is 14.8 Å². The molecule has 0 unspecified atom stereocenters. The summed E-state index contributed by atoms with van der Waals surface area (Å²) in [7, 11) is 1.64. The SMILES string of the molecule is CCn1c(=O)c2c(nc(-c3nc4ccc(OC(F)(F)F)cc4s3)n2C)n(CC)c1=O. The molecule has 0 bridgehead atoms. The second-order valence-electron chi connectivity index (χ2n) is 6.44. The third-order valence-corrected chi connectivity index (χ3v) is 5.67. The van der Waals surface area contributed by atoms with Crippen molar-refractivity contribution in [2.45, 2.75) is 33.3 Å². The van der Waals surface area contributed by atoms with Crippen LogP contribution in [-0.2, 0) is 20.1 Å². The molecule has 0 fully saturated rings. The Morgan fingerprint density at radius 1 is 1.10 bits per heavy atom. The van der Waals surface area contributed by atoms with E-state index < -0.39 is 17.6 Å². The van der Waals surface area contributed by atoms with Gasteiger partial charge in [-0.15, -0.1) is 24.5 Å². The molecule has 4 rings (SSSR count). The molecule has 0 aliphatic rings. The number of benzene rings is 1. The van der Waals surface area contributed by atoms with Crippen LogP contribution in [0, 0.1) is 0 Å². The summed E-state index contributed by atoms with van der Waals surface area (Å²) in [6.07, 6.45) is -4.79. The molecule has 0 spiro atoms. The fourth-order valence-corrected chi connectivity index (χ4v) is 4.33. The summed E-state index contributed by atoms with van der Waals surface area (Å²) in [6, 6.07) is 3.85. The maximum atomic E-state index is 12.8. The zero-order valence-electron chi connectivity index (χ0n) is 16.1. The number of aromatic nitrogens is 5. The highest BCUT2D eigenvalue weighted by molar-refractivity contribution is 7.21. The van der Waals surface area contributed by atoms with Crippen molar-refractivity contribution in [1.29, 1.82) is 0 Å². The Hall–Kier alpha value is -3.15. The van der Waals surface area contributed by atoms with Crippen LogP contribution < -0.4 is 16.0 Å². The third kappa shape index (κ3) is 3.16. The molecule has 3 aromatic heterocycles. The molecule has 0 aliphatic carbocycles. The summed E-state index contributed by atoms with van der Waals surface area (Å²) in [5, 5.41) is 0.408. The first-order valence-electron chi connectivity index (χ1n) is 9.01. The lowest BCUT2D eigenvalue weighted by Gasteiger charge is -2.08. The molecule has 0 radical (unpaired) electrons. The van der Waals surface area contributed by atoms with Gasteiger partial charge in [-0.1, -0.05) is 0 Å². The molecule has 0 amide bonds. The highest BCUT2D eigenvalue weighted by atomic mass is 32.1. The largest absolute Gasteiger partial charge is 0.573 e. The topological polar surface area (TPSA) is 83.9 Å². The maximum Gasteiger partial charge on any atom is 0.573 e. The van der Waals surface area contributed by atoms with Crippen molar-refractivity contribution in [3.63, 3.8) is 0 Å². The summed E-state index contributed by atoms with van der Waals surface area (Å²) in [6.45, 7) is 4.03.